The zero-order valence-corrected chi connectivity index (χ0v) is 10.5. The van der Waals surface area contributed by atoms with Gasteiger partial charge in [-0.1, -0.05) is 0 Å². The van der Waals surface area contributed by atoms with Gasteiger partial charge in [-0.3, -0.25) is 4.98 Å². The Morgan fingerprint density at radius 2 is 2.06 bits per heavy atom. The van der Waals surface area contributed by atoms with Crippen LogP contribution in [0.5, 0.6) is 0 Å². The molecule has 1 heterocycles. The van der Waals surface area contributed by atoms with Gasteiger partial charge in [0.2, 0.25) is 5.92 Å². The van der Waals surface area contributed by atoms with E-state index in [-0.39, 0.29) is 12.8 Å². The molecule has 0 amide bonds. The van der Waals surface area contributed by atoms with Crippen molar-refractivity contribution in [2.24, 2.45) is 5.92 Å². The van der Waals surface area contributed by atoms with Crippen LogP contribution in [0.15, 0.2) is 22.9 Å². The summed E-state index contributed by atoms with van der Waals surface area (Å²) in [6, 6.07) is 1.96. The molecule has 1 nitrogen and oxygen atoms in total. The molecule has 16 heavy (non-hydrogen) atoms. The van der Waals surface area contributed by atoms with E-state index in [4.69, 9.17) is 0 Å². The lowest BCUT2D eigenvalue weighted by Gasteiger charge is -2.28. The summed E-state index contributed by atoms with van der Waals surface area (Å²) >= 11 is 3.43. The predicted molar refractivity (Wildman–Crippen MR) is 62.5 cm³/mol. The third-order valence-electron chi connectivity index (χ3n) is 3.20. The van der Waals surface area contributed by atoms with Crippen LogP contribution in [0.2, 0.25) is 0 Å². The minimum atomic E-state index is -2.42. The number of aromatic nitrogens is 1. The number of rotatable bonds is 2. The maximum Gasteiger partial charge on any atom is 0.248 e. The van der Waals surface area contributed by atoms with Gasteiger partial charge in [-0.25, -0.2) is 8.78 Å². The molecule has 0 bridgehead atoms. The number of pyridine rings is 1. The van der Waals surface area contributed by atoms with Crippen LogP contribution >= 0.6 is 15.9 Å². The summed E-state index contributed by atoms with van der Waals surface area (Å²) < 4.78 is 26.9. The van der Waals surface area contributed by atoms with Crippen molar-refractivity contribution >= 4 is 15.9 Å². The molecule has 1 aliphatic rings. The average Bonchev–Trinajstić information content (AvgIpc) is 2.24. The lowest BCUT2D eigenvalue weighted by atomic mass is 9.83. The van der Waals surface area contributed by atoms with Crippen LogP contribution in [-0.4, -0.2) is 10.9 Å². The number of hydrogen-bond acceptors (Lipinski definition) is 1. The van der Waals surface area contributed by atoms with Crippen molar-refractivity contribution in [3.63, 3.8) is 0 Å². The molecule has 2 rings (SSSR count). The molecule has 0 aromatic carbocycles. The van der Waals surface area contributed by atoms with Crippen LogP contribution < -0.4 is 0 Å². The summed E-state index contributed by atoms with van der Waals surface area (Å²) in [6.45, 7) is 0. The van der Waals surface area contributed by atoms with Crippen molar-refractivity contribution in [3.05, 3.63) is 28.5 Å². The second kappa shape index (κ2) is 4.78. The van der Waals surface area contributed by atoms with Gasteiger partial charge in [-0.05, 0) is 52.7 Å². The summed E-state index contributed by atoms with van der Waals surface area (Å²) in [5.41, 5.74) is 1.17. The molecular formula is C12H14BrF2N. The van der Waals surface area contributed by atoms with E-state index >= 15 is 0 Å². The quantitative estimate of drug-likeness (QED) is 0.795. The number of alkyl halides is 2. The number of halogens is 3. The molecule has 0 spiro atoms. The molecule has 0 radical (unpaired) electrons. The Morgan fingerprint density at radius 3 is 2.69 bits per heavy atom. The molecule has 1 aromatic rings. The molecule has 0 unspecified atom stereocenters. The predicted octanol–water partition coefficient (Wildman–Crippen LogP) is 4.21. The molecule has 0 atom stereocenters. The highest BCUT2D eigenvalue weighted by atomic mass is 79.9. The summed E-state index contributed by atoms with van der Waals surface area (Å²) in [4.78, 5) is 3.99. The maximum atomic E-state index is 13.0. The van der Waals surface area contributed by atoms with Gasteiger partial charge in [0.25, 0.3) is 0 Å². The second-order valence-electron chi connectivity index (χ2n) is 4.47. The van der Waals surface area contributed by atoms with Crippen LogP contribution in [0.25, 0.3) is 0 Å². The Labute approximate surface area is 102 Å². The monoisotopic (exact) mass is 289 g/mol. The summed E-state index contributed by atoms with van der Waals surface area (Å²) in [5, 5.41) is 0. The highest BCUT2D eigenvalue weighted by Crippen LogP contribution is 2.37. The van der Waals surface area contributed by atoms with Crippen molar-refractivity contribution in [3.8, 4) is 0 Å². The van der Waals surface area contributed by atoms with Crippen LogP contribution in [0, 0.1) is 5.92 Å². The van der Waals surface area contributed by atoms with Crippen LogP contribution in [0.1, 0.15) is 31.2 Å². The normalized spacial score (nSPS) is 20.9. The molecule has 1 fully saturated rings. The van der Waals surface area contributed by atoms with E-state index in [1.54, 1.807) is 12.4 Å². The maximum absolute atomic E-state index is 13.0. The van der Waals surface area contributed by atoms with Crippen LogP contribution in [-0.2, 0) is 6.42 Å². The van der Waals surface area contributed by atoms with E-state index in [2.05, 4.69) is 20.9 Å². The highest BCUT2D eigenvalue weighted by molar-refractivity contribution is 9.10. The number of hydrogen-bond donors (Lipinski definition) is 0. The second-order valence-corrected chi connectivity index (χ2v) is 5.32. The van der Waals surface area contributed by atoms with E-state index in [0.717, 1.165) is 10.9 Å². The Balaban J connectivity index is 1.95. The third kappa shape index (κ3) is 3.00. The average molecular weight is 290 g/mol. The first-order valence-electron chi connectivity index (χ1n) is 5.53. The van der Waals surface area contributed by atoms with Gasteiger partial charge in [-0.2, -0.15) is 0 Å². The summed E-state index contributed by atoms with van der Waals surface area (Å²) in [7, 11) is 0. The third-order valence-corrected chi connectivity index (χ3v) is 3.92. The molecule has 4 heteroatoms. The molecular weight excluding hydrogens is 276 g/mol. The molecule has 1 saturated carbocycles. The van der Waals surface area contributed by atoms with E-state index in [1.165, 1.54) is 5.56 Å². The molecule has 1 aromatic heterocycles. The largest absolute Gasteiger partial charge is 0.264 e. The Kier molecular flexibility index (Phi) is 3.57. The fourth-order valence-electron chi connectivity index (χ4n) is 2.18. The van der Waals surface area contributed by atoms with Crippen molar-refractivity contribution in [2.75, 3.05) is 0 Å². The van der Waals surface area contributed by atoms with E-state index in [0.29, 0.717) is 18.8 Å². The van der Waals surface area contributed by atoms with Crippen molar-refractivity contribution in [1.29, 1.82) is 0 Å². The number of nitrogens with zero attached hydrogens (tertiary/aromatic N) is 1. The van der Waals surface area contributed by atoms with Gasteiger partial charge < -0.3 is 0 Å². The van der Waals surface area contributed by atoms with Crippen molar-refractivity contribution in [2.45, 2.75) is 38.0 Å². The molecule has 0 saturated heterocycles. The van der Waals surface area contributed by atoms with E-state index in [1.807, 2.05) is 6.07 Å². The Bertz CT molecular complexity index is 358. The molecule has 1 aliphatic carbocycles. The van der Waals surface area contributed by atoms with E-state index in [9.17, 15) is 8.78 Å². The smallest absolute Gasteiger partial charge is 0.248 e. The minimum absolute atomic E-state index is 0.0420. The van der Waals surface area contributed by atoms with Crippen molar-refractivity contribution in [1.82, 2.24) is 4.98 Å². The fraction of sp³-hybridized carbons (Fsp3) is 0.583. The summed E-state index contributed by atoms with van der Waals surface area (Å²) in [5.74, 6) is -2.04. The topological polar surface area (TPSA) is 12.9 Å². The Morgan fingerprint density at radius 1 is 1.38 bits per heavy atom. The van der Waals surface area contributed by atoms with Crippen LogP contribution in [0.4, 0.5) is 8.78 Å². The summed E-state index contributed by atoms with van der Waals surface area (Å²) in [6.07, 6.45) is 5.72. The van der Waals surface area contributed by atoms with Crippen molar-refractivity contribution < 1.29 is 8.78 Å². The molecule has 0 N–H and O–H groups in total. The fourth-order valence-corrected chi connectivity index (χ4v) is 2.60. The SMILES string of the molecule is FC1(F)CCC(Cc2ccncc2Br)CC1. The van der Waals surface area contributed by atoms with Gasteiger partial charge in [0.1, 0.15) is 0 Å². The first kappa shape index (κ1) is 12.0. The molecule has 88 valence electrons. The lowest BCUT2D eigenvalue weighted by Crippen LogP contribution is -2.25. The van der Waals surface area contributed by atoms with Gasteiger partial charge in [0.05, 0.1) is 0 Å². The van der Waals surface area contributed by atoms with Crippen LogP contribution in [0.3, 0.4) is 0 Å². The minimum Gasteiger partial charge on any atom is -0.264 e. The van der Waals surface area contributed by atoms with Gasteiger partial charge in [0, 0.05) is 29.7 Å². The zero-order valence-electron chi connectivity index (χ0n) is 8.93. The zero-order chi connectivity index (χ0) is 11.6. The van der Waals surface area contributed by atoms with E-state index < -0.39 is 5.92 Å². The van der Waals surface area contributed by atoms with Gasteiger partial charge >= 0.3 is 0 Å². The molecule has 0 aliphatic heterocycles. The first-order valence-corrected chi connectivity index (χ1v) is 6.32. The first-order chi connectivity index (χ1) is 7.57. The standard InChI is InChI=1S/C12H14BrF2N/c13-11-8-16-6-3-10(11)7-9-1-4-12(14,15)5-2-9/h3,6,8-9H,1-2,4-5,7H2. The van der Waals surface area contributed by atoms with Gasteiger partial charge in [0.15, 0.2) is 0 Å². The lowest BCUT2D eigenvalue weighted by molar-refractivity contribution is -0.0456. The highest BCUT2D eigenvalue weighted by Gasteiger charge is 2.34. The van der Waals surface area contributed by atoms with Gasteiger partial charge in [-0.15, -0.1) is 0 Å². The Hall–Kier alpha value is -0.510.